The molecule has 14 heavy (non-hydrogen) atoms. The number of aliphatic hydroxyl groups is 1. The number of rotatable bonds is 3. The van der Waals surface area contributed by atoms with Crippen LogP contribution in [-0.4, -0.2) is 36.6 Å². The van der Waals surface area contributed by atoms with Crippen LogP contribution in [0.4, 0.5) is 8.78 Å². The molecule has 0 amide bonds. The maximum atomic E-state index is 13.0. The van der Waals surface area contributed by atoms with E-state index in [0.29, 0.717) is 6.42 Å². The Bertz CT molecular complexity index is 298. The zero-order valence-electron chi connectivity index (χ0n) is 7.91. The van der Waals surface area contributed by atoms with E-state index < -0.39 is 33.5 Å². The first-order chi connectivity index (χ1) is 6.26. The van der Waals surface area contributed by atoms with E-state index in [2.05, 4.69) is 0 Å². The van der Waals surface area contributed by atoms with Gasteiger partial charge in [-0.3, -0.25) is 0 Å². The summed E-state index contributed by atoms with van der Waals surface area (Å²) >= 11 is 0. The first kappa shape index (κ1) is 11.8. The monoisotopic (exact) mass is 228 g/mol. The molecule has 1 fully saturated rings. The van der Waals surface area contributed by atoms with Gasteiger partial charge in [0.2, 0.25) is 0 Å². The van der Waals surface area contributed by atoms with Crippen molar-refractivity contribution in [3.8, 4) is 0 Å². The summed E-state index contributed by atoms with van der Waals surface area (Å²) in [6.45, 7) is 0.974. The lowest BCUT2D eigenvalue weighted by Gasteiger charge is -2.22. The summed E-state index contributed by atoms with van der Waals surface area (Å²) in [6, 6.07) is 0. The molecule has 0 aliphatic carbocycles. The average molecular weight is 228 g/mol. The molecule has 1 N–H and O–H groups in total. The Morgan fingerprint density at radius 3 is 2.50 bits per heavy atom. The summed E-state index contributed by atoms with van der Waals surface area (Å²) in [4.78, 5) is 0. The molecule has 1 heterocycles. The Morgan fingerprint density at radius 2 is 2.14 bits per heavy atom. The van der Waals surface area contributed by atoms with Gasteiger partial charge < -0.3 is 5.11 Å². The maximum absolute atomic E-state index is 13.0. The minimum absolute atomic E-state index is 0.00639. The van der Waals surface area contributed by atoms with Crippen LogP contribution in [-0.2, 0) is 9.84 Å². The third kappa shape index (κ3) is 2.42. The SMILES string of the molecule is CC(O)C(F)(F)CC1CCCS1(=O)=O. The molecular formula is C8H14F2O3S. The van der Waals surface area contributed by atoms with Crippen molar-refractivity contribution >= 4 is 9.84 Å². The summed E-state index contributed by atoms with van der Waals surface area (Å²) in [6.07, 6.45) is -1.82. The van der Waals surface area contributed by atoms with Crippen molar-refractivity contribution < 1.29 is 22.3 Å². The molecule has 3 nitrogen and oxygen atoms in total. The molecule has 0 aromatic rings. The minimum Gasteiger partial charge on any atom is -0.387 e. The minimum atomic E-state index is -3.34. The lowest BCUT2D eigenvalue weighted by Crippen LogP contribution is -2.36. The van der Waals surface area contributed by atoms with Gasteiger partial charge in [-0.25, -0.2) is 17.2 Å². The number of aliphatic hydroxyl groups excluding tert-OH is 1. The summed E-state index contributed by atoms with van der Waals surface area (Å²) < 4.78 is 48.5. The van der Waals surface area contributed by atoms with Gasteiger partial charge in [-0.1, -0.05) is 0 Å². The molecule has 0 radical (unpaired) electrons. The molecular weight excluding hydrogens is 214 g/mol. The molecule has 1 rings (SSSR count). The molecule has 0 saturated carbocycles. The van der Waals surface area contributed by atoms with Gasteiger partial charge in [0.1, 0.15) is 6.10 Å². The van der Waals surface area contributed by atoms with Crippen LogP contribution in [0.3, 0.4) is 0 Å². The van der Waals surface area contributed by atoms with Gasteiger partial charge >= 0.3 is 0 Å². The molecule has 0 aromatic carbocycles. The van der Waals surface area contributed by atoms with Crippen molar-refractivity contribution in [1.29, 1.82) is 0 Å². The van der Waals surface area contributed by atoms with E-state index in [1.54, 1.807) is 0 Å². The van der Waals surface area contributed by atoms with E-state index in [-0.39, 0.29) is 12.2 Å². The van der Waals surface area contributed by atoms with Crippen molar-refractivity contribution in [2.75, 3.05) is 5.75 Å². The Labute approximate surface area is 82.0 Å². The Hall–Kier alpha value is -0.230. The predicted molar refractivity (Wildman–Crippen MR) is 48.1 cm³/mol. The number of alkyl halides is 2. The van der Waals surface area contributed by atoms with Crippen LogP contribution in [0.2, 0.25) is 0 Å². The van der Waals surface area contributed by atoms with Crippen molar-refractivity contribution in [3.05, 3.63) is 0 Å². The van der Waals surface area contributed by atoms with E-state index in [1.165, 1.54) is 0 Å². The van der Waals surface area contributed by atoms with Gasteiger partial charge in [0, 0.05) is 6.42 Å². The van der Waals surface area contributed by atoms with Crippen LogP contribution >= 0.6 is 0 Å². The van der Waals surface area contributed by atoms with Crippen LogP contribution in [0.5, 0.6) is 0 Å². The topological polar surface area (TPSA) is 54.4 Å². The fourth-order valence-electron chi connectivity index (χ4n) is 1.56. The lowest BCUT2D eigenvalue weighted by molar-refractivity contribution is -0.105. The highest BCUT2D eigenvalue weighted by Gasteiger charge is 2.43. The molecule has 0 spiro atoms. The molecule has 2 unspecified atom stereocenters. The molecule has 6 heteroatoms. The van der Waals surface area contributed by atoms with Gasteiger partial charge in [-0.05, 0) is 19.8 Å². The summed E-state index contributed by atoms with van der Waals surface area (Å²) in [7, 11) is -3.34. The average Bonchev–Trinajstić information content (AvgIpc) is 2.30. The smallest absolute Gasteiger partial charge is 0.274 e. The fourth-order valence-corrected chi connectivity index (χ4v) is 3.47. The Morgan fingerprint density at radius 1 is 1.57 bits per heavy atom. The molecule has 0 bridgehead atoms. The van der Waals surface area contributed by atoms with Gasteiger partial charge in [0.25, 0.3) is 5.92 Å². The van der Waals surface area contributed by atoms with Gasteiger partial charge in [0.15, 0.2) is 9.84 Å². The van der Waals surface area contributed by atoms with Crippen LogP contribution in [0.25, 0.3) is 0 Å². The van der Waals surface area contributed by atoms with Crippen LogP contribution < -0.4 is 0 Å². The van der Waals surface area contributed by atoms with Crippen LogP contribution in [0.1, 0.15) is 26.2 Å². The molecule has 1 aliphatic rings. The standard InChI is InChI=1S/C8H14F2O3S/c1-6(11)8(9,10)5-7-3-2-4-14(7,12)13/h6-7,11H,2-5H2,1H3. The summed E-state index contributed by atoms with van der Waals surface area (Å²) in [5.41, 5.74) is 0. The zero-order chi connectivity index (χ0) is 11.0. The molecule has 0 aromatic heterocycles. The Kier molecular flexibility index (Phi) is 3.16. The van der Waals surface area contributed by atoms with Crippen molar-refractivity contribution in [2.45, 2.75) is 43.5 Å². The highest BCUT2D eigenvalue weighted by atomic mass is 32.2. The predicted octanol–water partition coefficient (Wildman–Crippen LogP) is 0.970. The number of halogens is 2. The molecule has 1 saturated heterocycles. The summed E-state index contributed by atoms with van der Waals surface area (Å²) in [5.74, 6) is -3.31. The first-order valence-electron chi connectivity index (χ1n) is 4.53. The van der Waals surface area contributed by atoms with E-state index in [0.717, 1.165) is 6.92 Å². The van der Waals surface area contributed by atoms with E-state index >= 15 is 0 Å². The van der Waals surface area contributed by atoms with Crippen LogP contribution in [0.15, 0.2) is 0 Å². The summed E-state index contributed by atoms with van der Waals surface area (Å²) in [5, 5.41) is 7.79. The number of sulfone groups is 1. The largest absolute Gasteiger partial charge is 0.387 e. The third-order valence-electron chi connectivity index (χ3n) is 2.57. The third-order valence-corrected chi connectivity index (χ3v) is 4.85. The van der Waals surface area contributed by atoms with E-state index in [9.17, 15) is 17.2 Å². The number of hydrogen-bond acceptors (Lipinski definition) is 3. The highest BCUT2D eigenvalue weighted by molar-refractivity contribution is 7.92. The number of hydrogen-bond donors (Lipinski definition) is 1. The van der Waals surface area contributed by atoms with Crippen molar-refractivity contribution in [1.82, 2.24) is 0 Å². The van der Waals surface area contributed by atoms with Crippen molar-refractivity contribution in [2.24, 2.45) is 0 Å². The van der Waals surface area contributed by atoms with Gasteiger partial charge in [-0.2, -0.15) is 0 Å². The second-order valence-corrected chi connectivity index (χ2v) is 6.17. The quantitative estimate of drug-likeness (QED) is 0.783. The van der Waals surface area contributed by atoms with Gasteiger partial charge in [-0.15, -0.1) is 0 Å². The molecule has 2 atom stereocenters. The van der Waals surface area contributed by atoms with Gasteiger partial charge in [0.05, 0.1) is 11.0 Å². The fraction of sp³-hybridized carbons (Fsp3) is 1.00. The second kappa shape index (κ2) is 3.73. The normalized spacial score (nSPS) is 29.0. The molecule has 84 valence electrons. The van der Waals surface area contributed by atoms with E-state index in [4.69, 9.17) is 5.11 Å². The molecule has 1 aliphatic heterocycles. The van der Waals surface area contributed by atoms with Crippen LogP contribution in [0, 0.1) is 0 Å². The lowest BCUT2D eigenvalue weighted by atomic mass is 10.1. The second-order valence-electron chi connectivity index (χ2n) is 3.77. The maximum Gasteiger partial charge on any atom is 0.274 e. The Balaban J connectivity index is 2.70. The first-order valence-corrected chi connectivity index (χ1v) is 6.25. The highest BCUT2D eigenvalue weighted by Crippen LogP contribution is 2.32. The van der Waals surface area contributed by atoms with E-state index in [1.807, 2.05) is 0 Å². The zero-order valence-corrected chi connectivity index (χ0v) is 8.73. The van der Waals surface area contributed by atoms with Crippen molar-refractivity contribution in [3.63, 3.8) is 0 Å².